The highest BCUT2D eigenvalue weighted by atomic mass is 28.5. The average Bonchev–Trinajstić information content (AvgIpc) is 2.45. The highest BCUT2D eigenvalue weighted by molar-refractivity contribution is 6.79. The summed E-state index contributed by atoms with van der Waals surface area (Å²) in [6.07, 6.45) is 14.5. The molecule has 5 heteroatoms. The topological polar surface area (TPSA) is 18.5 Å². The van der Waals surface area contributed by atoms with Crippen molar-refractivity contribution in [3.8, 4) is 0 Å². The Hall–Kier alpha value is 0.571. The minimum atomic E-state index is -1.87. The van der Waals surface area contributed by atoms with Crippen LogP contribution in [-0.4, -0.2) is 26.6 Å². The second-order valence-corrected chi connectivity index (χ2v) is 17.5. The molecule has 2 nitrogen and oxygen atoms in total. The van der Waals surface area contributed by atoms with Gasteiger partial charge in [-0.2, -0.15) is 0 Å². The zero-order chi connectivity index (χ0) is 15.3. The van der Waals surface area contributed by atoms with Crippen LogP contribution in [0, 0.1) is 0 Å². The zero-order valence-corrected chi connectivity index (χ0v) is 18.0. The highest BCUT2D eigenvalue weighted by Gasteiger charge is 2.39. The molecule has 2 aliphatic rings. The Balaban J connectivity index is 2.02. The van der Waals surface area contributed by atoms with Gasteiger partial charge in [-0.25, -0.2) is 0 Å². The van der Waals surface area contributed by atoms with Gasteiger partial charge in [-0.15, -0.1) is 0 Å². The first-order valence-electron chi connectivity index (χ1n) is 9.33. The van der Waals surface area contributed by atoms with E-state index in [1.807, 2.05) is 0 Å². The van der Waals surface area contributed by atoms with Crippen LogP contribution in [0.25, 0.3) is 0 Å². The monoisotopic (exact) mass is 344 g/mol. The number of hydrogen-bond acceptors (Lipinski definition) is 2. The molecule has 0 atom stereocenters. The van der Waals surface area contributed by atoms with Gasteiger partial charge in [-0.05, 0) is 37.3 Å². The summed E-state index contributed by atoms with van der Waals surface area (Å²) in [5.74, 6) is 0. The number of rotatable bonds is 6. The first-order valence-corrected chi connectivity index (χ1v) is 16.7. The van der Waals surface area contributed by atoms with Gasteiger partial charge >= 0.3 is 8.56 Å². The Morgan fingerprint density at radius 2 is 1.14 bits per heavy atom. The summed E-state index contributed by atoms with van der Waals surface area (Å²) in [6.45, 7) is 9.20. The van der Waals surface area contributed by atoms with Crippen LogP contribution >= 0.6 is 0 Å². The van der Waals surface area contributed by atoms with E-state index in [2.05, 4.69) is 26.2 Å². The van der Waals surface area contributed by atoms with Crippen LogP contribution in [0.2, 0.25) is 37.3 Å². The van der Waals surface area contributed by atoms with Gasteiger partial charge in [0.2, 0.25) is 0 Å². The summed E-state index contributed by atoms with van der Waals surface area (Å²) in [5, 5.41) is 0. The lowest BCUT2D eigenvalue weighted by molar-refractivity contribution is 0.359. The average molecular weight is 345 g/mol. The molecule has 2 rings (SSSR count). The van der Waals surface area contributed by atoms with Crippen molar-refractivity contribution in [3.63, 3.8) is 0 Å². The fourth-order valence-corrected chi connectivity index (χ4v) is 16.9. The van der Waals surface area contributed by atoms with E-state index >= 15 is 0 Å². The molecule has 0 heterocycles. The van der Waals surface area contributed by atoms with Crippen molar-refractivity contribution < 1.29 is 8.23 Å². The second-order valence-electron chi connectivity index (χ2n) is 7.95. The van der Waals surface area contributed by atoms with E-state index in [4.69, 9.17) is 8.23 Å². The summed E-state index contributed by atoms with van der Waals surface area (Å²) < 4.78 is 13.3. The van der Waals surface area contributed by atoms with Crippen LogP contribution in [0.5, 0.6) is 0 Å². The fraction of sp³-hybridized carbons (Fsp3) is 1.00. The molecule has 0 bridgehead atoms. The van der Waals surface area contributed by atoms with Crippen LogP contribution in [-0.2, 0) is 8.23 Å². The van der Waals surface area contributed by atoms with Crippen molar-refractivity contribution in [1.82, 2.24) is 0 Å². The zero-order valence-electron chi connectivity index (χ0n) is 14.7. The van der Waals surface area contributed by atoms with E-state index in [-0.39, 0.29) is 0 Å². The van der Waals surface area contributed by atoms with E-state index in [0.717, 1.165) is 11.1 Å². The normalized spacial score (nSPS) is 23.1. The standard InChI is InChI=1S/C16H36O2Si3/c1-19(2)17-21(3,4)18-20(15-11-7-5-8-12-15)16-13-9-6-10-14-16/h15-16,19-20H,5-14H2,1-4H3. The van der Waals surface area contributed by atoms with E-state index in [9.17, 15) is 0 Å². The Labute approximate surface area is 136 Å². The van der Waals surface area contributed by atoms with Crippen molar-refractivity contribution >= 4 is 26.6 Å². The minimum absolute atomic E-state index is 0.950. The molecule has 2 fully saturated rings. The van der Waals surface area contributed by atoms with E-state index < -0.39 is 26.6 Å². The minimum Gasteiger partial charge on any atom is -0.440 e. The molecule has 0 N–H and O–H groups in total. The Bertz CT molecular complexity index is 280. The highest BCUT2D eigenvalue weighted by Crippen LogP contribution is 2.42. The summed E-state index contributed by atoms with van der Waals surface area (Å²) in [6, 6.07) is 0. The van der Waals surface area contributed by atoms with Crippen molar-refractivity contribution in [1.29, 1.82) is 0 Å². The lowest BCUT2D eigenvalue weighted by atomic mass is 9.99. The van der Waals surface area contributed by atoms with Gasteiger partial charge in [0, 0.05) is 0 Å². The van der Waals surface area contributed by atoms with Crippen LogP contribution in [0.3, 0.4) is 0 Å². The number of hydrogen-bond donors (Lipinski definition) is 0. The third-order valence-corrected chi connectivity index (χ3v) is 15.9. The quantitative estimate of drug-likeness (QED) is 0.624. The molecule has 124 valence electrons. The maximum Gasteiger partial charge on any atom is 0.310 e. The molecule has 0 spiro atoms. The SMILES string of the molecule is C[SiH](C)O[Si](C)(C)O[SiH](C1CCCCC1)C1CCCCC1. The van der Waals surface area contributed by atoms with Crippen molar-refractivity contribution in [3.05, 3.63) is 0 Å². The molecular weight excluding hydrogens is 308 g/mol. The third kappa shape index (κ3) is 5.94. The third-order valence-electron chi connectivity index (χ3n) is 5.17. The van der Waals surface area contributed by atoms with Crippen LogP contribution in [0.4, 0.5) is 0 Å². The molecule has 2 saturated carbocycles. The summed E-state index contributed by atoms with van der Waals surface area (Å²) in [4.78, 5) is 0. The fourth-order valence-electron chi connectivity index (χ4n) is 4.43. The van der Waals surface area contributed by atoms with Crippen molar-refractivity contribution in [2.75, 3.05) is 0 Å². The molecule has 21 heavy (non-hydrogen) atoms. The van der Waals surface area contributed by atoms with Gasteiger partial charge in [0.25, 0.3) is 0 Å². The van der Waals surface area contributed by atoms with Gasteiger partial charge in [0.15, 0.2) is 18.1 Å². The smallest absolute Gasteiger partial charge is 0.310 e. The molecule has 0 aromatic carbocycles. The maximum atomic E-state index is 6.92. The van der Waals surface area contributed by atoms with E-state index in [1.54, 1.807) is 0 Å². The van der Waals surface area contributed by atoms with Gasteiger partial charge in [-0.3, -0.25) is 0 Å². The van der Waals surface area contributed by atoms with E-state index in [1.165, 1.54) is 64.2 Å². The molecule has 0 amide bonds. The first kappa shape index (κ1) is 17.9. The second kappa shape index (κ2) is 8.43. The van der Waals surface area contributed by atoms with Crippen LogP contribution < -0.4 is 0 Å². The first-order chi connectivity index (χ1) is 9.98. The van der Waals surface area contributed by atoms with Crippen LogP contribution in [0.1, 0.15) is 64.2 Å². The van der Waals surface area contributed by atoms with Gasteiger partial charge in [-0.1, -0.05) is 64.2 Å². The van der Waals surface area contributed by atoms with Crippen LogP contribution in [0.15, 0.2) is 0 Å². The Morgan fingerprint density at radius 3 is 1.52 bits per heavy atom. The summed E-state index contributed by atoms with van der Waals surface area (Å²) in [5.41, 5.74) is 1.90. The summed E-state index contributed by atoms with van der Waals surface area (Å²) in [7, 11) is -3.98. The van der Waals surface area contributed by atoms with Gasteiger partial charge in [0.1, 0.15) is 0 Å². The van der Waals surface area contributed by atoms with Gasteiger partial charge in [0.05, 0.1) is 0 Å². The predicted molar refractivity (Wildman–Crippen MR) is 99.3 cm³/mol. The lowest BCUT2D eigenvalue weighted by Gasteiger charge is -2.40. The molecule has 2 aliphatic carbocycles. The molecule has 0 radical (unpaired) electrons. The molecule has 0 aliphatic heterocycles. The van der Waals surface area contributed by atoms with E-state index in [0.29, 0.717) is 0 Å². The van der Waals surface area contributed by atoms with Gasteiger partial charge < -0.3 is 8.23 Å². The molecule has 0 saturated heterocycles. The molecule has 0 aromatic rings. The lowest BCUT2D eigenvalue weighted by Crippen LogP contribution is -2.47. The molecule has 0 aromatic heterocycles. The Kier molecular flexibility index (Phi) is 7.19. The van der Waals surface area contributed by atoms with Crippen molar-refractivity contribution in [2.24, 2.45) is 0 Å². The summed E-state index contributed by atoms with van der Waals surface area (Å²) >= 11 is 0. The molecule has 0 unspecified atom stereocenters. The largest absolute Gasteiger partial charge is 0.440 e. The predicted octanol–water partition coefficient (Wildman–Crippen LogP) is 5.10. The molecular formula is C16H36O2Si3. The Morgan fingerprint density at radius 1 is 0.714 bits per heavy atom. The van der Waals surface area contributed by atoms with Crippen molar-refractivity contribution in [2.45, 2.75) is 101 Å². The maximum absolute atomic E-state index is 6.92.